The summed E-state index contributed by atoms with van der Waals surface area (Å²) >= 11 is 6.16. The Balaban J connectivity index is 3.03. The van der Waals surface area contributed by atoms with Crippen molar-refractivity contribution in [1.29, 1.82) is 0 Å². The second kappa shape index (κ2) is 7.37. The van der Waals surface area contributed by atoms with E-state index >= 15 is 0 Å². The van der Waals surface area contributed by atoms with E-state index in [0.29, 0.717) is 23.1 Å². The van der Waals surface area contributed by atoms with Gasteiger partial charge in [0.2, 0.25) is 0 Å². The van der Waals surface area contributed by atoms with Crippen LogP contribution in [0.3, 0.4) is 0 Å². The van der Waals surface area contributed by atoms with E-state index in [2.05, 4.69) is 51.9 Å². The summed E-state index contributed by atoms with van der Waals surface area (Å²) in [6.07, 6.45) is 0. The Kier molecular flexibility index (Phi) is 6.31. The van der Waals surface area contributed by atoms with Crippen molar-refractivity contribution in [3.63, 3.8) is 0 Å². The van der Waals surface area contributed by atoms with Crippen LogP contribution in [0.1, 0.15) is 26.3 Å². The lowest BCUT2D eigenvalue weighted by Gasteiger charge is -2.31. The molecular formula is C18H25ClO2Si. The molecule has 0 radical (unpaired) electrons. The summed E-state index contributed by atoms with van der Waals surface area (Å²) in [7, 11) is -0.0413. The van der Waals surface area contributed by atoms with Crippen molar-refractivity contribution in [3.05, 3.63) is 41.1 Å². The number of halogens is 1. The van der Waals surface area contributed by atoms with Crippen LogP contribution in [0.15, 0.2) is 30.5 Å². The molecule has 22 heavy (non-hydrogen) atoms. The highest BCUT2D eigenvalue weighted by molar-refractivity contribution is 6.87. The van der Waals surface area contributed by atoms with Gasteiger partial charge in [-0.2, -0.15) is 0 Å². The number of methoxy groups -OCH3 is 1. The first-order chi connectivity index (χ1) is 10.1. The molecule has 0 aliphatic heterocycles. The van der Waals surface area contributed by atoms with Gasteiger partial charge in [-0.25, -0.2) is 0 Å². The molecule has 1 rings (SSSR count). The van der Waals surface area contributed by atoms with Gasteiger partial charge >= 0.3 is 0 Å². The Labute approximate surface area is 140 Å². The first-order valence-electron chi connectivity index (χ1n) is 7.24. The standard InChI is InChI=1S/C18H25ClO2Si/c1-14(13-20-5)21-17-12-15(8-9-16(17)19)10-11-22(6,7)18(2,3)4/h8-9,12H,1,13H2,2-7H3. The maximum atomic E-state index is 6.16. The largest absolute Gasteiger partial charge is 0.458 e. The van der Waals surface area contributed by atoms with Crippen LogP contribution in [0.5, 0.6) is 5.75 Å². The van der Waals surface area contributed by atoms with Gasteiger partial charge in [-0.15, -0.1) is 5.54 Å². The Morgan fingerprint density at radius 2 is 1.95 bits per heavy atom. The van der Waals surface area contributed by atoms with Crippen LogP contribution >= 0.6 is 11.6 Å². The number of hydrogen-bond donors (Lipinski definition) is 0. The SMILES string of the molecule is C=C(COC)Oc1cc(C#C[Si](C)(C)C(C)(C)C)ccc1Cl. The third-order valence-corrected chi connectivity index (χ3v) is 8.70. The number of benzene rings is 1. The molecule has 0 spiro atoms. The number of hydrogen-bond acceptors (Lipinski definition) is 2. The van der Waals surface area contributed by atoms with E-state index in [0.717, 1.165) is 5.56 Å². The molecule has 0 saturated carbocycles. The second-order valence-corrected chi connectivity index (χ2v) is 12.3. The Hall–Kier alpha value is -1.21. The molecule has 0 unspecified atom stereocenters. The molecule has 0 aliphatic carbocycles. The molecule has 0 aliphatic rings. The first-order valence-corrected chi connectivity index (χ1v) is 10.6. The van der Waals surface area contributed by atoms with E-state index in [-0.39, 0.29) is 5.04 Å². The molecule has 4 heteroatoms. The van der Waals surface area contributed by atoms with Gasteiger partial charge in [0.1, 0.15) is 26.2 Å². The minimum absolute atomic E-state index is 0.235. The van der Waals surface area contributed by atoms with Crippen LogP contribution in [0.4, 0.5) is 0 Å². The highest BCUT2D eigenvalue weighted by Gasteiger charge is 2.33. The molecule has 0 aromatic heterocycles. The lowest BCUT2D eigenvalue weighted by atomic mass is 10.2. The predicted octanol–water partition coefficient (Wildman–Crippen LogP) is 5.28. The highest BCUT2D eigenvalue weighted by atomic mass is 35.5. The zero-order chi connectivity index (χ0) is 17.0. The van der Waals surface area contributed by atoms with Crippen LogP contribution in [0, 0.1) is 11.5 Å². The summed E-state index contributed by atoms with van der Waals surface area (Å²) in [5.74, 6) is 4.35. The second-order valence-electron chi connectivity index (χ2n) is 6.84. The maximum absolute atomic E-state index is 6.16. The van der Waals surface area contributed by atoms with Crippen LogP contribution in [0.2, 0.25) is 23.2 Å². The summed E-state index contributed by atoms with van der Waals surface area (Å²) in [6.45, 7) is 15.4. The van der Waals surface area contributed by atoms with Crippen LogP contribution < -0.4 is 4.74 Å². The van der Waals surface area contributed by atoms with Crippen molar-refractivity contribution >= 4 is 19.7 Å². The van der Waals surface area contributed by atoms with Gasteiger partial charge in [-0.3, -0.25) is 0 Å². The summed E-state index contributed by atoms with van der Waals surface area (Å²) in [4.78, 5) is 0. The smallest absolute Gasteiger partial charge is 0.146 e. The number of ether oxygens (including phenoxy) is 2. The van der Waals surface area contributed by atoms with Gasteiger partial charge in [-0.1, -0.05) is 58.0 Å². The average Bonchev–Trinajstić information content (AvgIpc) is 2.38. The third-order valence-electron chi connectivity index (χ3n) is 3.89. The maximum Gasteiger partial charge on any atom is 0.146 e. The minimum Gasteiger partial charge on any atom is -0.458 e. The molecule has 0 saturated heterocycles. The zero-order valence-corrected chi connectivity index (χ0v) is 16.1. The molecule has 0 bridgehead atoms. The lowest BCUT2D eigenvalue weighted by molar-refractivity contribution is 0.190. The Morgan fingerprint density at radius 3 is 2.50 bits per heavy atom. The van der Waals surface area contributed by atoms with Crippen molar-refractivity contribution in [2.75, 3.05) is 13.7 Å². The van der Waals surface area contributed by atoms with E-state index in [1.54, 1.807) is 13.2 Å². The van der Waals surface area contributed by atoms with E-state index in [1.807, 2.05) is 12.1 Å². The Bertz CT molecular complexity index is 604. The van der Waals surface area contributed by atoms with Gasteiger partial charge in [0, 0.05) is 12.7 Å². The first kappa shape index (κ1) is 18.8. The lowest BCUT2D eigenvalue weighted by Crippen LogP contribution is -2.35. The summed E-state index contributed by atoms with van der Waals surface area (Å²) < 4.78 is 10.6. The normalized spacial score (nSPS) is 11.6. The molecule has 0 amide bonds. The summed E-state index contributed by atoms with van der Waals surface area (Å²) in [6, 6.07) is 5.56. The Morgan fingerprint density at radius 1 is 1.32 bits per heavy atom. The molecule has 0 heterocycles. The van der Waals surface area contributed by atoms with E-state index < -0.39 is 8.07 Å². The van der Waals surface area contributed by atoms with Gasteiger partial charge < -0.3 is 9.47 Å². The third kappa shape index (κ3) is 5.21. The van der Waals surface area contributed by atoms with Crippen molar-refractivity contribution in [2.24, 2.45) is 0 Å². The molecule has 120 valence electrons. The molecule has 2 nitrogen and oxygen atoms in total. The molecule has 0 N–H and O–H groups in total. The van der Waals surface area contributed by atoms with Crippen molar-refractivity contribution < 1.29 is 9.47 Å². The molecule has 0 fully saturated rings. The predicted molar refractivity (Wildman–Crippen MR) is 97.2 cm³/mol. The fraction of sp³-hybridized carbons (Fsp3) is 0.444. The average molecular weight is 337 g/mol. The fourth-order valence-corrected chi connectivity index (χ4v) is 2.41. The van der Waals surface area contributed by atoms with Gasteiger partial charge in [0.05, 0.1) is 5.02 Å². The zero-order valence-electron chi connectivity index (χ0n) is 14.3. The monoisotopic (exact) mass is 336 g/mol. The highest BCUT2D eigenvalue weighted by Crippen LogP contribution is 2.35. The molecule has 1 aromatic carbocycles. The molecule has 0 atom stereocenters. The fourth-order valence-electron chi connectivity index (χ4n) is 1.42. The minimum atomic E-state index is -1.64. The van der Waals surface area contributed by atoms with Crippen molar-refractivity contribution in [1.82, 2.24) is 0 Å². The quantitative estimate of drug-likeness (QED) is 0.423. The summed E-state index contributed by atoms with van der Waals surface area (Å²) in [5, 5.41) is 0.772. The molecular weight excluding hydrogens is 312 g/mol. The number of rotatable bonds is 4. The van der Waals surface area contributed by atoms with Crippen molar-refractivity contribution in [3.8, 4) is 17.2 Å². The topological polar surface area (TPSA) is 18.5 Å². The summed E-state index contributed by atoms with van der Waals surface area (Å²) in [5.41, 5.74) is 4.38. The van der Waals surface area contributed by atoms with Gasteiger partial charge in [0.25, 0.3) is 0 Å². The van der Waals surface area contributed by atoms with E-state index in [9.17, 15) is 0 Å². The molecule has 1 aromatic rings. The van der Waals surface area contributed by atoms with Gasteiger partial charge in [0.15, 0.2) is 0 Å². The van der Waals surface area contributed by atoms with Crippen LogP contribution in [-0.2, 0) is 4.74 Å². The van der Waals surface area contributed by atoms with Crippen molar-refractivity contribution in [2.45, 2.75) is 38.9 Å². The van der Waals surface area contributed by atoms with E-state index in [4.69, 9.17) is 21.1 Å². The van der Waals surface area contributed by atoms with Gasteiger partial charge in [-0.05, 0) is 23.2 Å². The van der Waals surface area contributed by atoms with Crippen LogP contribution in [-0.4, -0.2) is 21.8 Å². The van der Waals surface area contributed by atoms with Crippen LogP contribution in [0.25, 0.3) is 0 Å². The van der Waals surface area contributed by atoms with E-state index in [1.165, 1.54) is 0 Å².